The molecule has 1 aliphatic carbocycles. The lowest BCUT2D eigenvalue weighted by Crippen LogP contribution is -2.37. The number of ether oxygens (including phenoxy) is 2. The first kappa shape index (κ1) is 30.4. The molecule has 1 fully saturated rings. The molecule has 212 valence electrons. The van der Waals surface area contributed by atoms with Gasteiger partial charge < -0.3 is 29.2 Å². The number of carbonyl (C=O) groups excluding carboxylic acids is 2. The maximum absolute atomic E-state index is 12.6. The van der Waals surface area contributed by atoms with Crippen LogP contribution in [-0.2, 0) is 30.1 Å². The van der Waals surface area contributed by atoms with Gasteiger partial charge in [0.1, 0.15) is 0 Å². The van der Waals surface area contributed by atoms with Crippen molar-refractivity contribution in [2.45, 2.75) is 71.6 Å². The van der Waals surface area contributed by atoms with Gasteiger partial charge in [0.15, 0.2) is 32.2 Å². The fraction of sp³-hybridized carbons (Fsp3) is 0.708. The highest BCUT2D eigenvalue weighted by molar-refractivity contribution is 7.47. The molecule has 0 aromatic carbocycles. The number of hydrogen-bond donors (Lipinski definition) is 2. The predicted molar refractivity (Wildman–Crippen MR) is 145 cm³/mol. The number of rotatable bonds is 13. The second-order valence-corrected chi connectivity index (χ2v) is 12.1. The smallest absolute Gasteiger partial charge is 0.313 e. The molecule has 2 heterocycles. The van der Waals surface area contributed by atoms with Crippen molar-refractivity contribution in [2.24, 2.45) is 5.41 Å². The molecule has 1 aliphatic rings. The topological polar surface area (TPSA) is 141 Å². The van der Waals surface area contributed by atoms with Crippen molar-refractivity contribution in [3.63, 3.8) is 0 Å². The Morgan fingerprint density at radius 3 is 2.68 bits per heavy atom. The first-order valence-corrected chi connectivity index (χ1v) is 14.4. The molecule has 0 bridgehead atoms. The Bertz CT molecular complexity index is 1090. The van der Waals surface area contributed by atoms with Crippen LogP contribution in [0, 0.1) is 5.41 Å². The van der Waals surface area contributed by atoms with Crippen LogP contribution >= 0.6 is 20.0 Å². The second-order valence-electron chi connectivity index (χ2n) is 10.4. The molecular formula is C24H38ClN6O6P. The largest absolute Gasteiger partial charge is 0.438 e. The Kier molecular flexibility index (Phi) is 11.1. The fourth-order valence-corrected chi connectivity index (χ4v) is 4.96. The van der Waals surface area contributed by atoms with Gasteiger partial charge in [-0.1, -0.05) is 12.8 Å². The van der Waals surface area contributed by atoms with Gasteiger partial charge in [0.25, 0.3) is 0 Å². The molecule has 3 rings (SSSR count). The van der Waals surface area contributed by atoms with Crippen LogP contribution < -0.4 is 5.32 Å². The third-order valence-corrected chi connectivity index (χ3v) is 7.45. The fourth-order valence-electron chi connectivity index (χ4n) is 4.06. The first-order valence-electron chi connectivity index (χ1n) is 12.7. The van der Waals surface area contributed by atoms with Crippen molar-refractivity contribution in [2.75, 3.05) is 39.0 Å². The van der Waals surface area contributed by atoms with Crippen molar-refractivity contribution < 1.29 is 28.5 Å². The lowest BCUT2D eigenvalue weighted by molar-refractivity contribution is -0.159. The Hall–Kier alpha value is -2.11. The molecule has 0 radical (unpaired) electrons. The number of imidazole rings is 1. The van der Waals surface area contributed by atoms with Gasteiger partial charge in [-0.05, 0) is 51.6 Å². The zero-order valence-electron chi connectivity index (χ0n) is 22.6. The Labute approximate surface area is 229 Å². The number of carbonyl (C=O) groups is 2. The van der Waals surface area contributed by atoms with E-state index in [1.165, 1.54) is 17.7 Å². The first-order chi connectivity index (χ1) is 18.0. The summed E-state index contributed by atoms with van der Waals surface area (Å²) >= 11 is 6.21. The number of hydrogen-bond acceptors (Lipinski definition) is 10. The van der Waals surface area contributed by atoms with E-state index in [1.807, 2.05) is 4.57 Å². The van der Waals surface area contributed by atoms with Crippen molar-refractivity contribution in [3.8, 4) is 0 Å². The van der Waals surface area contributed by atoms with E-state index < -0.39 is 26.6 Å². The van der Waals surface area contributed by atoms with Crippen LogP contribution in [0.3, 0.4) is 0 Å². The van der Waals surface area contributed by atoms with Gasteiger partial charge in [0.2, 0.25) is 11.2 Å². The highest BCUT2D eigenvalue weighted by atomic mass is 35.5. The summed E-state index contributed by atoms with van der Waals surface area (Å²) in [5.41, 5.74) is 0.635. The van der Waals surface area contributed by atoms with Crippen LogP contribution in [0.4, 0.5) is 5.82 Å². The normalized spacial score (nSPS) is 16.0. The number of amides is 1. The number of halogens is 1. The number of likely N-dealkylation sites (N-methyl/N-ethyl adjacent to an activating group) is 1. The summed E-state index contributed by atoms with van der Waals surface area (Å²) in [5, 5.41) is 3.62. The molecule has 0 aliphatic heterocycles. The van der Waals surface area contributed by atoms with Crippen molar-refractivity contribution in [1.82, 2.24) is 24.4 Å². The van der Waals surface area contributed by atoms with Gasteiger partial charge in [-0.2, -0.15) is 9.97 Å². The van der Waals surface area contributed by atoms with E-state index in [9.17, 15) is 14.5 Å². The molecule has 0 spiro atoms. The monoisotopic (exact) mass is 572 g/mol. The number of esters is 1. The zero-order chi connectivity index (χ0) is 27.9. The maximum Gasteiger partial charge on any atom is 0.313 e. The molecule has 2 atom stereocenters. The number of aromatic nitrogens is 4. The third-order valence-electron chi connectivity index (χ3n) is 6.34. The van der Waals surface area contributed by atoms with Gasteiger partial charge in [-0.15, -0.1) is 0 Å². The van der Waals surface area contributed by atoms with Gasteiger partial charge in [-0.25, -0.2) is 4.98 Å². The summed E-state index contributed by atoms with van der Waals surface area (Å²) in [6.45, 7) is 5.60. The lowest BCUT2D eigenvalue weighted by Gasteiger charge is -2.24. The Morgan fingerprint density at radius 1 is 1.32 bits per heavy atom. The minimum absolute atomic E-state index is 0.157. The van der Waals surface area contributed by atoms with E-state index in [0.29, 0.717) is 42.5 Å². The van der Waals surface area contributed by atoms with Crippen LogP contribution in [0.2, 0.25) is 5.28 Å². The number of anilines is 1. The highest BCUT2D eigenvalue weighted by Crippen LogP contribution is 2.31. The minimum Gasteiger partial charge on any atom is -0.438 e. The average molecular weight is 573 g/mol. The minimum atomic E-state index is -2.07. The highest BCUT2D eigenvalue weighted by Gasteiger charge is 2.25. The van der Waals surface area contributed by atoms with Gasteiger partial charge in [-0.3, -0.25) is 14.1 Å². The van der Waals surface area contributed by atoms with E-state index >= 15 is 0 Å². The molecule has 0 saturated heterocycles. The molecule has 2 N–H and O–H groups in total. The summed E-state index contributed by atoms with van der Waals surface area (Å²) in [5.74, 6) is -0.110. The number of aryl methyl sites for hydroxylation is 1. The zero-order valence-corrected chi connectivity index (χ0v) is 24.3. The van der Waals surface area contributed by atoms with E-state index in [-0.39, 0.29) is 23.5 Å². The summed E-state index contributed by atoms with van der Waals surface area (Å²) in [4.78, 5) is 49.1. The summed E-state index contributed by atoms with van der Waals surface area (Å²) in [6, 6.07) is 0.365. The Morgan fingerprint density at radius 2 is 2.03 bits per heavy atom. The van der Waals surface area contributed by atoms with E-state index in [1.54, 1.807) is 41.3 Å². The van der Waals surface area contributed by atoms with Crippen molar-refractivity contribution in [3.05, 3.63) is 11.6 Å². The SMILES string of the molecule is COC(CCn1cnc2c(NC3CCCC3)nc(Cl)nc21)CN(C)C(=O)CP(O)OCOC(=O)C(C)(C)C. The van der Waals surface area contributed by atoms with Crippen LogP contribution in [0.5, 0.6) is 0 Å². The number of fused-ring (bicyclic) bond motifs is 1. The standard InChI is InChI=1S/C24H38ClN6O6P/c1-24(2,3)22(33)36-15-37-38(34)13-18(32)30(4)12-17(35-5)10-11-31-14-26-19-20(27-16-8-6-7-9-16)28-23(25)29-21(19)31/h14,16-17,34H,6-13,15H2,1-5H3,(H,27,28,29). The molecule has 1 saturated carbocycles. The quantitative estimate of drug-likeness (QED) is 0.158. The maximum atomic E-state index is 12.6. The molecule has 2 aromatic heterocycles. The molecule has 2 unspecified atom stereocenters. The molecule has 2 aromatic rings. The average Bonchev–Trinajstić information content (AvgIpc) is 3.50. The number of methoxy groups -OCH3 is 1. The second kappa shape index (κ2) is 13.8. The molecule has 14 heteroatoms. The molecule has 1 amide bonds. The van der Waals surface area contributed by atoms with Gasteiger partial charge in [0, 0.05) is 33.3 Å². The Balaban J connectivity index is 1.50. The summed E-state index contributed by atoms with van der Waals surface area (Å²) in [6.07, 6.45) is 6.40. The predicted octanol–water partition coefficient (Wildman–Crippen LogP) is 3.57. The van der Waals surface area contributed by atoms with E-state index in [0.717, 1.165) is 12.8 Å². The van der Waals surface area contributed by atoms with Crippen LogP contribution in [-0.4, -0.2) is 87.0 Å². The molecule has 38 heavy (non-hydrogen) atoms. The number of nitrogens with one attached hydrogen (secondary N) is 1. The van der Waals surface area contributed by atoms with Gasteiger partial charge in [0.05, 0.1) is 24.0 Å². The van der Waals surface area contributed by atoms with E-state index in [4.69, 9.17) is 25.6 Å². The van der Waals surface area contributed by atoms with E-state index in [2.05, 4.69) is 20.3 Å². The summed E-state index contributed by atoms with van der Waals surface area (Å²) in [7, 11) is 1.15. The molecular weight excluding hydrogens is 535 g/mol. The van der Waals surface area contributed by atoms with Crippen molar-refractivity contribution >= 4 is 48.8 Å². The summed E-state index contributed by atoms with van der Waals surface area (Å²) < 4.78 is 17.6. The number of nitrogens with zero attached hydrogens (tertiary/aromatic N) is 5. The molecule has 12 nitrogen and oxygen atoms in total. The van der Waals surface area contributed by atoms with Crippen LogP contribution in [0.15, 0.2) is 6.33 Å². The lowest BCUT2D eigenvalue weighted by atomic mass is 9.98. The van der Waals surface area contributed by atoms with Crippen LogP contribution in [0.1, 0.15) is 52.9 Å². The third kappa shape index (κ3) is 8.71. The van der Waals surface area contributed by atoms with Crippen LogP contribution in [0.25, 0.3) is 11.2 Å². The van der Waals surface area contributed by atoms with Gasteiger partial charge >= 0.3 is 5.97 Å². The van der Waals surface area contributed by atoms with Crippen molar-refractivity contribution in [1.29, 1.82) is 0 Å².